The number of methoxy groups -OCH3 is 3. The summed E-state index contributed by atoms with van der Waals surface area (Å²) in [4.78, 5) is 0. The van der Waals surface area contributed by atoms with Crippen LogP contribution in [-0.4, -0.2) is 26.4 Å². The van der Waals surface area contributed by atoms with Gasteiger partial charge < -0.3 is 19.3 Å². The molecule has 3 aromatic carbocycles. The molecule has 0 atom stereocenters. The molecule has 3 rings (SSSR count). The summed E-state index contributed by atoms with van der Waals surface area (Å²) in [6.07, 6.45) is 0. The fraction of sp³-hybridized carbons (Fsp3) is 0.176. The Morgan fingerprint density at radius 1 is 0.714 bits per heavy atom. The second-order valence-electron chi connectivity index (χ2n) is 4.65. The predicted molar refractivity (Wildman–Crippen MR) is 82.8 cm³/mol. The van der Waals surface area contributed by atoms with Gasteiger partial charge in [-0.3, -0.25) is 0 Å². The second kappa shape index (κ2) is 5.05. The minimum Gasteiger partial charge on any atom is -0.507 e. The SMILES string of the molecule is COc1c2cccc(O)c2c(OC)c2c(OC)cccc12. The molecule has 0 bridgehead atoms. The number of aromatic hydroxyl groups is 1. The van der Waals surface area contributed by atoms with E-state index in [4.69, 9.17) is 14.2 Å². The molecular weight excluding hydrogens is 268 g/mol. The van der Waals surface area contributed by atoms with E-state index in [2.05, 4.69) is 0 Å². The van der Waals surface area contributed by atoms with Gasteiger partial charge >= 0.3 is 0 Å². The van der Waals surface area contributed by atoms with Gasteiger partial charge in [0.2, 0.25) is 0 Å². The number of hydrogen-bond donors (Lipinski definition) is 1. The second-order valence-corrected chi connectivity index (χ2v) is 4.65. The summed E-state index contributed by atoms with van der Waals surface area (Å²) < 4.78 is 16.6. The van der Waals surface area contributed by atoms with Gasteiger partial charge in [0.25, 0.3) is 0 Å². The van der Waals surface area contributed by atoms with Crippen molar-refractivity contribution in [3.8, 4) is 23.0 Å². The Kier molecular flexibility index (Phi) is 3.22. The van der Waals surface area contributed by atoms with Gasteiger partial charge in [-0.2, -0.15) is 0 Å². The number of benzene rings is 3. The molecule has 4 heteroatoms. The molecule has 4 nitrogen and oxygen atoms in total. The topological polar surface area (TPSA) is 47.9 Å². The molecule has 0 unspecified atom stereocenters. The van der Waals surface area contributed by atoms with E-state index in [1.807, 2.05) is 24.3 Å². The first-order valence-corrected chi connectivity index (χ1v) is 6.55. The van der Waals surface area contributed by atoms with Crippen LogP contribution < -0.4 is 14.2 Å². The summed E-state index contributed by atoms with van der Waals surface area (Å²) in [6, 6.07) is 11.0. The quantitative estimate of drug-likeness (QED) is 0.745. The molecule has 0 saturated carbocycles. The number of phenolic OH excluding ortho intramolecular Hbond substituents is 1. The van der Waals surface area contributed by atoms with Gasteiger partial charge in [-0.05, 0) is 12.1 Å². The van der Waals surface area contributed by atoms with Gasteiger partial charge in [-0.15, -0.1) is 0 Å². The van der Waals surface area contributed by atoms with Crippen LogP contribution in [0.4, 0.5) is 0 Å². The molecule has 21 heavy (non-hydrogen) atoms. The minimum absolute atomic E-state index is 0.149. The molecule has 0 spiro atoms. The Balaban J connectivity index is 2.66. The van der Waals surface area contributed by atoms with Gasteiger partial charge in [-0.25, -0.2) is 0 Å². The minimum atomic E-state index is 0.149. The van der Waals surface area contributed by atoms with Gasteiger partial charge in [0, 0.05) is 10.8 Å². The summed E-state index contributed by atoms with van der Waals surface area (Å²) in [7, 11) is 4.81. The number of rotatable bonds is 3. The normalized spacial score (nSPS) is 10.8. The third kappa shape index (κ3) is 1.83. The smallest absolute Gasteiger partial charge is 0.142 e. The first-order valence-electron chi connectivity index (χ1n) is 6.55. The van der Waals surface area contributed by atoms with Gasteiger partial charge in [0.05, 0.1) is 32.1 Å². The zero-order chi connectivity index (χ0) is 15.0. The molecule has 0 fully saturated rings. The van der Waals surface area contributed by atoms with Crippen LogP contribution in [0, 0.1) is 0 Å². The molecule has 0 aliphatic carbocycles. The van der Waals surface area contributed by atoms with Crippen LogP contribution >= 0.6 is 0 Å². The molecule has 0 heterocycles. The van der Waals surface area contributed by atoms with Crippen molar-refractivity contribution in [1.29, 1.82) is 0 Å². The van der Waals surface area contributed by atoms with E-state index in [9.17, 15) is 5.11 Å². The van der Waals surface area contributed by atoms with Crippen molar-refractivity contribution in [3.05, 3.63) is 36.4 Å². The molecular formula is C17H16O4. The Labute approximate surface area is 122 Å². The largest absolute Gasteiger partial charge is 0.507 e. The maximum Gasteiger partial charge on any atom is 0.142 e. The molecule has 0 aromatic heterocycles. The standard InChI is InChI=1S/C17H16O4/c1-19-13-9-5-7-11-15(13)17(21-3)14-10(16(11)20-2)6-4-8-12(14)18/h4-9,18H,1-3H3. The zero-order valence-electron chi connectivity index (χ0n) is 12.1. The van der Waals surface area contributed by atoms with Crippen LogP contribution in [0.5, 0.6) is 23.0 Å². The monoisotopic (exact) mass is 284 g/mol. The molecule has 108 valence electrons. The lowest BCUT2D eigenvalue weighted by molar-refractivity contribution is 0.403. The van der Waals surface area contributed by atoms with E-state index in [-0.39, 0.29) is 5.75 Å². The molecule has 0 aliphatic rings. The fourth-order valence-corrected chi connectivity index (χ4v) is 2.79. The summed E-state index contributed by atoms with van der Waals surface area (Å²) in [5, 5.41) is 13.3. The van der Waals surface area contributed by atoms with Crippen LogP contribution in [-0.2, 0) is 0 Å². The fourth-order valence-electron chi connectivity index (χ4n) is 2.79. The van der Waals surface area contributed by atoms with Crippen molar-refractivity contribution < 1.29 is 19.3 Å². The third-order valence-electron chi connectivity index (χ3n) is 3.64. The van der Waals surface area contributed by atoms with E-state index in [1.54, 1.807) is 33.5 Å². The average molecular weight is 284 g/mol. The highest BCUT2D eigenvalue weighted by Crippen LogP contribution is 2.48. The van der Waals surface area contributed by atoms with E-state index >= 15 is 0 Å². The number of ether oxygens (including phenoxy) is 3. The molecule has 0 saturated heterocycles. The maximum absolute atomic E-state index is 10.2. The van der Waals surface area contributed by atoms with Crippen molar-refractivity contribution in [2.45, 2.75) is 0 Å². The Morgan fingerprint density at radius 2 is 1.33 bits per heavy atom. The van der Waals surface area contributed by atoms with Crippen molar-refractivity contribution in [1.82, 2.24) is 0 Å². The predicted octanol–water partition coefficient (Wildman–Crippen LogP) is 3.72. The number of hydrogen-bond acceptors (Lipinski definition) is 4. The lowest BCUT2D eigenvalue weighted by atomic mass is 9.99. The van der Waals surface area contributed by atoms with Crippen LogP contribution in [0.25, 0.3) is 21.5 Å². The van der Waals surface area contributed by atoms with Crippen molar-refractivity contribution >= 4 is 21.5 Å². The van der Waals surface area contributed by atoms with E-state index < -0.39 is 0 Å². The summed E-state index contributed by atoms with van der Waals surface area (Å²) in [5.74, 6) is 2.09. The maximum atomic E-state index is 10.2. The Morgan fingerprint density at radius 3 is 1.95 bits per heavy atom. The van der Waals surface area contributed by atoms with E-state index in [0.29, 0.717) is 22.6 Å². The number of fused-ring (bicyclic) bond motifs is 2. The lowest BCUT2D eigenvalue weighted by Crippen LogP contribution is -1.95. The molecule has 1 N–H and O–H groups in total. The van der Waals surface area contributed by atoms with Crippen molar-refractivity contribution in [2.75, 3.05) is 21.3 Å². The first-order chi connectivity index (χ1) is 10.2. The molecule has 0 radical (unpaired) electrons. The summed E-state index contributed by atoms with van der Waals surface area (Å²) in [6.45, 7) is 0. The molecule has 0 aliphatic heterocycles. The summed E-state index contributed by atoms with van der Waals surface area (Å²) in [5.41, 5.74) is 0. The highest BCUT2D eigenvalue weighted by atomic mass is 16.5. The Hall–Kier alpha value is -2.62. The van der Waals surface area contributed by atoms with E-state index in [1.165, 1.54) is 0 Å². The van der Waals surface area contributed by atoms with Crippen molar-refractivity contribution in [2.24, 2.45) is 0 Å². The highest BCUT2D eigenvalue weighted by Gasteiger charge is 2.20. The molecule has 3 aromatic rings. The van der Waals surface area contributed by atoms with Crippen LogP contribution in [0.2, 0.25) is 0 Å². The Bertz CT molecular complexity index is 824. The first kappa shape index (κ1) is 13.4. The zero-order valence-corrected chi connectivity index (χ0v) is 12.1. The summed E-state index contributed by atoms with van der Waals surface area (Å²) >= 11 is 0. The lowest BCUT2D eigenvalue weighted by Gasteiger charge is -2.17. The highest BCUT2D eigenvalue weighted by molar-refractivity contribution is 6.14. The van der Waals surface area contributed by atoms with E-state index in [0.717, 1.165) is 16.2 Å². The number of phenols is 1. The van der Waals surface area contributed by atoms with Gasteiger partial charge in [-0.1, -0.05) is 24.3 Å². The van der Waals surface area contributed by atoms with Crippen LogP contribution in [0.3, 0.4) is 0 Å². The third-order valence-corrected chi connectivity index (χ3v) is 3.64. The average Bonchev–Trinajstić information content (AvgIpc) is 2.52. The van der Waals surface area contributed by atoms with Gasteiger partial charge in [0.15, 0.2) is 0 Å². The van der Waals surface area contributed by atoms with Gasteiger partial charge in [0.1, 0.15) is 23.0 Å². The molecule has 0 amide bonds. The van der Waals surface area contributed by atoms with Crippen LogP contribution in [0.15, 0.2) is 36.4 Å². The van der Waals surface area contributed by atoms with Crippen molar-refractivity contribution in [3.63, 3.8) is 0 Å². The van der Waals surface area contributed by atoms with Crippen LogP contribution in [0.1, 0.15) is 0 Å².